The van der Waals surface area contributed by atoms with Crippen LogP contribution in [0.2, 0.25) is 10.0 Å². The largest absolute Gasteiger partial charge is 0.466 e. The van der Waals surface area contributed by atoms with Crippen LogP contribution in [0, 0.1) is 11.8 Å². The van der Waals surface area contributed by atoms with Gasteiger partial charge in [-0.3, -0.25) is 4.79 Å². The quantitative estimate of drug-likeness (QED) is 0.247. The maximum Gasteiger partial charge on any atom is 0.451 e. The van der Waals surface area contributed by atoms with Gasteiger partial charge in [-0.1, -0.05) is 34.4 Å². The standard InChI is InChI=1S/C29H29Cl2F3N2O6/c1-2-39-22(37)12-21-26(29(32,33)34)41-27(35-21)28(38)15-8-9-16(28)11-17(10-15)40-13-18-24(36-42-25(18)14-6-7-14)23-19(30)4-3-5-20(23)31/h3-5,14-17,38H,2,6-13H2,1H3/t15-,16+,17+,28-. The average Bonchev–Trinajstić information content (AvgIpc) is 3.51. The summed E-state index contributed by atoms with van der Waals surface area (Å²) in [6, 6.07) is 5.20. The van der Waals surface area contributed by atoms with Crippen LogP contribution in [0.3, 0.4) is 0 Å². The number of aliphatic hydroxyl groups is 1. The van der Waals surface area contributed by atoms with Gasteiger partial charge in [-0.25, -0.2) is 4.98 Å². The lowest BCUT2D eigenvalue weighted by molar-refractivity contribution is -0.161. The van der Waals surface area contributed by atoms with Crippen LogP contribution in [0.1, 0.15) is 80.0 Å². The van der Waals surface area contributed by atoms with E-state index in [0.29, 0.717) is 47.0 Å². The first-order chi connectivity index (χ1) is 20.0. The number of carbonyl (C=O) groups is 1. The van der Waals surface area contributed by atoms with Crippen molar-refractivity contribution in [3.8, 4) is 11.3 Å². The molecule has 226 valence electrons. The topological polar surface area (TPSA) is 108 Å². The van der Waals surface area contributed by atoms with Gasteiger partial charge in [0.25, 0.3) is 0 Å². The number of oxazole rings is 1. The predicted octanol–water partition coefficient (Wildman–Crippen LogP) is 7.23. The molecule has 0 saturated heterocycles. The van der Waals surface area contributed by atoms with Gasteiger partial charge < -0.3 is 23.5 Å². The third kappa shape index (κ3) is 5.33. The number of benzene rings is 1. The monoisotopic (exact) mass is 628 g/mol. The fraction of sp³-hybridized carbons (Fsp3) is 0.552. The Labute approximate surface area is 249 Å². The summed E-state index contributed by atoms with van der Waals surface area (Å²) in [5.41, 5.74) is -0.438. The SMILES string of the molecule is CCOC(=O)Cc1nc([C@@]2(O)[C@@H]3CC[C@H]2C[C@@H](OCc2c(-c4c(Cl)cccc4Cl)noc2C2CC2)C3)oc1C(F)(F)F. The van der Waals surface area contributed by atoms with E-state index in [-0.39, 0.29) is 25.2 Å². The normalized spacial score (nSPS) is 25.6. The van der Waals surface area contributed by atoms with Gasteiger partial charge in [-0.2, -0.15) is 13.2 Å². The van der Waals surface area contributed by atoms with Gasteiger partial charge in [-0.15, -0.1) is 0 Å². The molecule has 2 heterocycles. The molecule has 3 aliphatic carbocycles. The van der Waals surface area contributed by atoms with Gasteiger partial charge in [0.15, 0.2) is 0 Å². The molecular weight excluding hydrogens is 600 g/mol. The van der Waals surface area contributed by atoms with Gasteiger partial charge in [0.05, 0.1) is 35.8 Å². The minimum absolute atomic E-state index is 0.0182. The van der Waals surface area contributed by atoms with Crippen molar-refractivity contribution in [1.82, 2.24) is 10.1 Å². The lowest BCUT2D eigenvalue weighted by Gasteiger charge is -2.40. The minimum atomic E-state index is -4.89. The number of halogens is 5. The minimum Gasteiger partial charge on any atom is -0.466 e. The van der Waals surface area contributed by atoms with Crippen molar-refractivity contribution in [3.05, 3.63) is 56.9 Å². The molecule has 3 aliphatic rings. The molecule has 0 spiro atoms. The Morgan fingerprint density at radius 1 is 1.14 bits per heavy atom. The number of hydrogen-bond acceptors (Lipinski definition) is 8. The average molecular weight is 629 g/mol. The highest BCUT2D eigenvalue weighted by atomic mass is 35.5. The van der Waals surface area contributed by atoms with Crippen molar-refractivity contribution in [3.63, 3.8) is 0 Å². The van der Waals surface area contributed by atoms with Crippen LogP contribution in [0.15, 0.2) is 27.1 Å². The molecule has 0 unspecified atom stereocenters. The van der Waals surface area contributed by atoms with Gasteiger partial charge in [0.1, 0.15) is 22.7 Å². The maximum absolute atomic E-state index is 13.8. The molecule has 1 aromatic carbocycles. The molecule has 3 saturated carbocycles. The number of nitrogens with zero attached hydrogens (tertiary/aromatic N) is 2. The number of hydrogen-bond donors (Lipinski definition) is 1. The van der Waals surface area contributed by atoms with Crippen molar-refractivity contribution in [2.24, 2.45) is 11.8 Å². The van der Waals surface area contributed by atoms with Crippen LogP contribution in [0.4, 0.5) is 13.2 Å². The molecule has 0 radical (unpaired) electrons. The molecule has 8 nitrogen and oxygen atoms in total. The van der Waals surface area contributed by atoms with E-state index in [4.69, 9.17) is 41.6 Å². The number of carbonyl (C=O) groups excluding carboxylic acids is 1. The highest BCUT2D eigenvalue weighted by Gasteiger charge is 2.58. The molecule has 3 aromatic rings. The van der Waals surface area contributed by atoms with Crippen LogP contribution in [0.5, 0.6) is 0 Å². The van der Waals surface area contributed by atoms with Crippen molar-refractivity contribution in [2.45, 2.75) is 82.3 Å². The zero-order chi connectivity index (χ0) is 29.8. The first-order valence-electron chi connectivity index (χ1n) is 14.0. The summed E-state index contributed by atoms with van der Waals surface area (Å²) in [4.78, 5) is 16.0. The van der Waals surface area contributed by atoms with Crippen LogP contribution in [0.25, 0.3) is 11.3 Å². The van der Waals surface area contributed by atoms with Crippen molar-refractivity contribution in [1.29, 1.82) is 0 Å². The Morgan fingerprint density at radius 2 is 1.81 bits per heavy atom. The first-order valence-corrected chi connectivity index (χ1v) is 14.8. The second kappa shape index (κ2) is 11.2. The lowest BCUT2D eigenvalue weighted by Crippen LogP contribution is -2.44. The summed E-state index contributed by atoms with van der Waals surface area (Å²) in [5.74, 6) is -2.56. The number of esters is 1. The molecule has 1 N–H and O–H groups in total. The molecular formula is C29H29Cl2F3N2O6. The Balaban J connectivity index is 1.22. The zero-order valence-corrected chi connectivity index (χ0v) is 24.2. The Hall–Kier alpha value is -2.60. The summed E-state index contributed by atoms with van der Waals surface area (Å²) in [6.07, 6.45) is -2.01. The number of ether oxygens (including phenoxy) is 2. The first kappa shape index (κ1) is 29.5. The fourth-order valence-electron chi connectivity index (χ4n) is 6.45. The molecule has 42 heavy (non-hydrogen) atoms. The third-order valence-corrected chi connectivity index (χ3v) is 9.18. The number of rotatable bonds is 9. The van der Waals surface area contributed by atoms with Gasteiger partial charge in [0, 0.05) is 17.0 Å². The van der Waals surface area contributed by atoms with Gasteiger partial charge in [0.2, 0.25) is 11.7 Å². The van der Waals surface area contributed by atoms with Crippen LogP contribution in [-0.4, -0.2) is 33.9 Å². The van der Waals surface area contributed by atoms with Crippen LogP contribution < -0.4 is 0 Å². The van der Waals surface area contributed by atoms with E-state index >= 15 is 0 Å². The molecule has 13 heteroatoms. The summed E-state index contributed by atoms with van der Waals surface area (Å²) >= 11 is 12.9. The molecule has 6 rings (SSSR count). The second-order valence-corrected chi connectivity index (χ2v) is 12.0. The summed E-state index contributed by atoms with van der Waals surface area (Å²) < 4.78 is 63.4. The van der Waals surface area contributed by atoms with Gasteiger partial charge >= 0.3 is 12.1 Å². The van der Waals surface area contributed by atoms with E-state index in [0.717, 1.165) is 24.2 Å². The Bertz CT molecular complexity index is 1450. The van der Waals surface area contributed by atoms with E-state index in [1.165, 1.54) is 0 Å². The predicted molar refractivity (Wildman–Crippen MR) is 144 cm³/mol. The number of fused-ring (bicyclic) bond motifs is 2. The molecule has 2 aromatic heterocycles. The number of alkyl halides is 3. The third-order valence-electron chi connectivity index (χ3n) is 8.55. The van der Waals surface area contributed by atoms with E-state index in [1.54, 1.807) is 25.1 Å². The highest BCUT2D eigenvalue weighted by molar-refractivity contribution is 6.39. The van der Waals surface area contributed by atoms with Crippen molar-refractivity contribution in [2.75, 3.05) is 6.61 Å². The van der Waals surface area contributed by atoms with E-state index in [1.807, 2.05) is 0 Å². The number of aromatic nitrogens is 2. The molecule has 2 bridgehead atoms. The van der Waals surface area contributed by atoms with Crippen molar-refractivity contribution < 1.29 is 41.5 Å². The Morgan fingerprint density at radius 3 is 2.40 bits per heavy atom. The molecule has 3 fully saturated rings. The van der Waals surface area contributed by atoms with E-state index < -0.39 is 53.3 Å². The van der Waals surface area contributed by atoms with Crippen LogP contribution >= 0.6 is 23.2 Å². The maximum atomic E-state index is 13.8. The summed E-state index contributed by atoms with van der Waals surface area (Å²) in [6.45, 7) is 1.75. The molecule has 0 amide bonds. The Kier molecular flexibility index (Phi) is 7.83. The van der Waals surface area contributed by atoms with E-state index in [9.17, 15) is 23.1 Å². The highest BCUT2D eigenvalue weighted by Crippen LogP contribution is 2.56. The summed E-state index contributed by atoms with van der Waals surface area (Å²) in [7, 11) is 0. The van der Waals surface area contributed by atoms with Gasteiger partial charge in [-0.05, 0) is 69.4 Å². The zero-order valence-electron chi connectivity index (χ0n) is 22.7. The second-order valence-electron chi connectivity index (χ2n) is 11.2. The molecule has 4 atom stereocenters. The smallest absolute Gasteiger partial charge is 0.451 e. The summed E-state index contributed by atoms with van der Waals surface area (Å²) in [5, 5.41) is 16.9. The van der Waals surface area contributed by atoms with Crippen LogP contribution in [-0.2, 0) is 39.1 Å². The molecule has 0 aliphatic heterocycles. The lowest BCUT2D eigenvalue weighted by atomic mass is 9.73. The fourth-order valence-corrected chi connectivity index (χ4v) is 7.03. The van der Waals surface area contributed by atoms with Crippen molar-refractivity contribution >= 4 is 29.2 Å². The van der Waals surface area contributed by atoms with E-state index in [2.05, 4.69) is 10.1 Å².